The zero-order valence-electron chi connectivity index (χ0n) is 16.0. The van der Waals surface area contributed by atoms with Gasteiger partial charge in [-0.25, -0.2) is 4.98 Å². The van der Waals surface area contributed by atoms with Gasteiger partial charge < -0.3 is 14.2 Å². The zero-order valence-corrected chi connectivity index (χ0v) is 16.0. The standard InChI is InChI=1S/C23H20N4O2/c1-2-21-25-20(26-29-21)15-27-16-24-22(18-8-4-3-5-9-18)23(27)19-12-10-17(11-13-19)7-6-14-28/h3-5,8-13,16,28H,2,14-15H2,1H3. The Bertz CT molecular complexity index is 1150. The molecule has 2 aromatic heterocycles. The Morgan fingerprint density at radius 2 is 1.83 bits per heavy atom. The van der Waals surface area contributed by atoms with Gasteiger partial charge in [-0.05, 0) is 12.1 Å². The normalized spacial score (nSPS) is 10.6. The van der Waals surface area contributed by atoms with E-state index >= 15 is 0 Å². The fourth-order valence-corrected chi connectivity index (χ4v) is 3.12. The molecule has 144 valence electrons. The van der Waals surface area contributed by atoms with Gasteiger partial charge in [0.15, 0.2) is 5.82 Å². The fraction of sp³-hybridized carbons (Fsp3) is 0.174. The molecule has 0 fully saturated rings. The molecule has 0 saturated carbocycles. The van der Waals surface area contributed by atoms with Crippen LogP contribution in [0.5, 0.6) is 0 Å². The summed E-state index contributed by atoms with van der Waals surface area (Å²) in [5, 5.41) is 13.0. The van der Waals surface area contributed by atoms with Crippen LogP contribution < -0.4 is 0 Å². The topological polar surface area (TPSA) is 77.0 Å². The number of rotatable bonds is 5. The molecule has 0 aliphatic carbocycles. The van der Waals surface area contributed by atoms with Gasteiger partial charge in [0.2, 0.25) is 5.89 Å². The lowest BCUT2D eigenvalue weighted by Crippen LogP contribution is -2.03. The number of nitrogens with zero attached hydrogens (tertiary/aromatic N) is 4. The highest BCUT2D eigenvalue weighted by atomic mass is 16.5. The molecule has 4 aromatic rings. The van der Waals surface area contributed by atoms with Crippen LogP contribution in [0.4, 0.5) is 0 Å². The quantitative estimate of drug-likeness (QED) is 0.533. The average Bonchev–Trinajstić information content (AvgIpc) is 3.40. The first-order valence-corrected chi connectivity index (χ1v) is 9.40. The number of imidazole rings is 1. The molecule has 0 saturated heterocycles. The van der Waals surface area contributed by atoms with Crippen molar-refractivity contribution in [1.29, 1.82) is 0 Å². The predicted molar refractivity (Wildman–Crippen MR) is 110 cm³/mol. The second-order valence-electron chi connectivity index (χ2n) is 6.43. The summed E-state index contributed by atoms with van der Waals surface area (Å²) >= 11 is 0. The Balaban J connectivity index is 1.77. The van der Waals surface area contributed by atoms with Crippen LogP contribution in [-0.4, -0.2) is 31.4 Å². The van der Waals surface area contributed by atoms with E-state index in [2.05, 4.69) is 27.0 Å². The Morgan fingerprint density at radius 3 is 2.52 bits per heavy atom. The molecular weight excluding hydrogens is 364 g/mol. The SMILES string of the molecule is CCc1nc(Cn2cnc(-c3ccccc3)c2-c2ccc(C#CCO)cc2)no1. The van der Waals surface area contributed by atoms with Crippen molar-refractivity contribution in [2.45, 2.75) is 19.9 Å². The number of aromatic nitrogens is 4. The summed E-state index contributed by atoms with van der Waals surface area (Å²) in [4.78, 5) is 9.09. The summed E-state index contributed by atoms with van der Waals surface area (Å²) in [6.07, 6.45) is 2.51. The molecule has 0 aliphatic rings. The summed E-state index contributed by atoms with van der Waals surface area (Å²) in [5.74, 6) is 6.83. The van der Waals surface area contributed by atoms with Gasteiger partial charge in [0.1, 0.15) is 6.61 Å². The number of aliphatic hydroxyl groups excluding tert-OH is 1. The Kier molecular flexibility index (Phi) is 5.50. The molecule has 0 radical (unpaired) electrons. The summed E-state index contributed by atoms with van der Waals surface area (Å²) in [5.41, 5.74) is 4.75. The van der Waals surface area contributed by atoms with E-state index in [0.717, 1.165) is 28.1 Å². The van der Waals surface area contributed by atoms with Gasteiger partial charge in [-0.2, -0.15) is 4.98 Å². The minimum absolute atomic E-state index is 0.156. The van der Waals surface area contributed by atoms with Crippen LogP contribution in [0.25, 0.3) is 22.5 Å². The largest absolute Gasteiger partial charge is 0.384 e. The van der Waals surface area contributed by atoms with Crippen molar-refractivity contribution in [3.8, 4) is 34.4 Å². The molecule has 2 aromatic carbocycles. The molecule has 0 aliphatic heterocycles. The molecule has 0 unspecified atom stereocenters. The fourth-order valence-electron chi connectivity index (χ4n) is 3.12. The molecular formula is C23H20N4O2. The molecule has 0 atom stereocenters. The van der Waals surface area contributed by atoms with Crippen LogP contribution in [0.15, 0.2) is 65.4 Å². The third kappa shape index (κ3) is 4.10. The van der Waals surface area contributed by atoms with Crippen molar-refractivity contribution in [2.75, 3.05) is 6.61 Å². The van der Waals surface area contributed by atoms with Gasteiger partial charge in [0, 0.05) is 23.1 Å². The molecule has 6 nitrogen and oxygen atoms in total. The molecule has 2 heterocycles. The van der Waals surface area contributed by atoms with Crippen molar-refractivity contribution in [1.82, 2.24) is 19.7 Å². The van der Waals surface area contributed by atoms with Crippen molar-refractivity contribution >= 4 is 0 Å². The van der Waals surface area contributed by atoms with Crippen LogP contribution in [0.1, 0.15) is 24.2 Å². The molecule has 0 spiro atoms. The second-order valence-corrected chi connectivity index (χ2v) is 6.43. The molecule has 29 heavy (non-hydrogen) atoms. The first kappa shape index (κ1) is 18.7. The van der Waals surface area contributed by atoms with Crippen molar-refractivity contribution in [3.63, 3.8) is 0 Å². The maximum Gasteiger partial charge on any atom is 0.226 e. The van der Waals surface area contributed by atoms with Crippen LogP contribution in [0.3, 0.4) is 0 Å². The maximum atomic E-state index is 8.89. The highest BCUT2D eigenvalue weighted by Crippen LogP contribution is 2.31. The highest BCUT2D eigenvalue weighted by Gasteiger charge is 2.17. The van der Waals surface area contributed by atoms with Crippen LogP contribution in [0.2, 0.25) is 0 Å². The first-order chi connectivity index (χ1) is 14.3. The van der Waals surface area contributed by atoms with Crippen molar-refractivity contribution < 1.29 is 9.63 Å². The van der Waals surface area contributed by atoms with Gasteiger partial charge in [-0.1, -0.05) is 66.4 Å². The average molecular weight is 384 g/mol. The second kappa shape index (κ2) is 8.55. The smallest absolute Gasteiger partial charge is 0.226 e. The van der Waals surface area contributed by atoms with E-state index in [-0.39, 0.29) is 6.61 Å². The van der Waals surface area contributed by atoms with Crippen molar-refractivity contribution in [2.24, 2.45) is 0 Å². The number of aliphatic hydroxyl groups is 1. The molecule has 0 amide bonds. The summed E-state index contributed by atoms with van der Waals surface area (Å²) in [6, 6.07) is 18.0. The van der Waals surface area contributed by atoms with Crippen LogP contribution >= 0.6 is 0 Å². The number of aryl methyl sites for hydroxylation is 1. The number of benzene rings is 2. The van der Waals surface area contributed by atoms with Crippen LogP contribution in [-0.2, 0) is 13.0 Å². The first-order valence-electron chi connectivity index (χ1n) is 9.40. The van der Waals surface area contributed by atoms with Gasteiger partial charge in [0.05, 0.1) is 24.3 Å². The minimum Gasteiger partial charge on any atom is -0.384 e. The third-order valence-electron chi connectivity index (χ3n) is 4.48. The van der Waals surface area contributed by atoms with E-state index in [4.69, 9.17) is 9.63 Å². The third-order valence-corrected chi connectivity index (χ3v) is 4.48. The molecule has 0 bridgehead atoms. The van der Waals surface area contributed by atoms with E-state index in [1.54, 1.807) is 6.33 Å². The van der Waals surface area contributed by atoms with Crippen LogP contribution in [0, 0.1) is 11.8 Å². The number of hydrogen-bond acceptors (Lipinski definition) is 5. The van der Waals surface area contributed by atoms with Gasteiger partial charge in [-0.3, -0.25) is 0 Å². The maximum absolute atomic E-state index is 8.89. The van der Waals surface area contributed by atoms with Gasteiger partial charge in [-0.15, -0.1) is 0 Å². The van der Waals surface area contributed by atoms with Gasteiger partial charge >= 0.3 is 0 Å². The highest BCUT2D eigenvalue weighted by molar-refractivity contribution is 5.78. The lowest BCUT2D eigenvalue weighted by atomic mass is 10.0. The van der Waals surface area contributed by atoms with Gasteiger partial charge in [0.25, 0.3) is 0 Å². The van der Waals surface area contributed by atoms with E-state index in [1.807, 2.05) is 66.1 Å². The predicted octanol–water partition coefficient (Wildman–Crippen LogP) is 3.55. The Morgan fingerprint density at radius 1 is 1.03 bits per heavy atom. The zero-order chi connectivity index (χ0) is 20.1. The van der Waals surface area contributed by atoms with E-state index in [9.17, 15) is 0 Å². The molecule has 6 heteroatoms. The monoisotopic (exact) mass is 384 g/mol. The summed E-state index contributed by atoms with van der Waals surface area (Å²) in [7, 11) is 0. The lowest BCUT2D eigenvalue weighted by molar-refractivity contribution is 0.350. The van der Waals surface area contributed by atoms with E-state index < -0.39 is 0 Å². The number of hydrogen-bond donors (Lipinski definition) is 1. The molecule has 1 N–H and O–H groups in total. The van der Waals surface area contributed by atoms with E-state index in [0.29, 0.717) is 24.7 Å². The minimum atomic E-state index is -0.156. The van der Waals surface area contributed by atoms with E-state index in [1.165, 1.54) is 0 Å². The Hall–Kier alpha value is -3.69. The Labute approximate surface area is 168 Å². The summed E-state index contributed by atoms with van der Waals surface area (Å²) < 4.78 is 7.27. The summed E-state index contributed by atoms with van der Waals surface area (Å²) in [6.45, 7) is 2.29. The lowest BCUT2D eigenvalue weighted by Gasteiger charge is -2.09. The molecule has 4 rings (SSSR count). The van der Waals surface area contributed by atoms with Crippen molar-refractivity contribution in [3.05, 3.63) is 78.2 Å².